The molecule has 1 aromatic heterocycles. The fraction of sp³-hybridized carbons (Fsp3) is 0.143. The molecule has 0 fully saturated rings. The summed E-state index contributed by atoms with van der Waals surface area (Å²) in [4.78, 5) is 25.2. The maximum Gasteiger partial charge on any atom is 0.256 e. The molecule has 3 rings (SSSR count). The minimum Gasteiger partial charge on any atom is -0.366 e. The van der Waals surface area contributed by atoms with Crippen LogP contribution in [0.2, 0.25) is 0 Å². The number of benzene rings is 2. The first-order chi connectivity index (χ1) is 12.5. The van der Waals surface area contributed by atoms with Crippen LogP contribution < -0.4 is 11.1 Å². The van der Waals surface area contributed by atoms with Crippen LogP contribution in [-0.2, 0) is 0 Å². The van der Waals surface area contributed by atoms with E-state index in [-0.39, 0.29) is 11.8 Å². The van der Waals surface area contributed by atoms with Crippen molar-refractivity contribution in [2.45, 2.75) is 19.8 Å². The number of amides is 2. The second-order valence-corrected chi connectivity index (χ2v) is 7.39. The lowest BCUT2D eigenvalue weighted by atomic mass is 10.0. The van der Waals surface area contributed by atoms with Crippen LogP contribution in [0.3, 0.4) is 0 Å². The van der Waals surface area contributed by atoms with Gasteiger partial charge < -0.3 is 11.1 Å². The van der Waals surface area contributed by atoms with Gasteiger partial charge >= 0.3 is 0 Å². The maximum atomic E-state index is 12.6. The lowest BCUT2D eigenvalue weighted by molar-refractivity contribution is 0.100. The maximum absolute atomic E-state index is 12.6. The van der Waals surface area contributed by atoms with Crippen LogP contribution in [0.25, 0.3) is 11.1 Å². The Morgan fingerprint density at radius 1 is 0.962 bits per heavy atom. The fourth-order valence-electron chi connectivity index (χ4n) is 2.59. The van der Waals surface area contributed by atoms with Crippen molar-refractivity contribution >= 4 is 28.2 Å². The zero-order chi connectivity index (χ0) is 18.7. The van der Waals surface area contributed by atoms with E-state index in [2.05, 4.69) is 5.32 Å². The van der Waals surface area contributed by atoms with Crippen molar-refractivity contribution in [3.63, 3.8) is 0 Å². The molecule has 0 radical (unpaired) electrons. The second-order valence-electron chi connectivity index (χ2n) is 6.31. The highest BCUT2D eigenvalue weighted by molar-refractivity contribution is 7.16. The van der Waals surface area contributed by atoms with E-state index in [0.29, 0.717) is 16.1 Å². The Balaban J connectivity index is 1.81. The van der Waals surface area contributed by atoms with Gasteiger partial charge in [-0.15, -0.1) is 11.3 Å². The van der Waals surface area contributed by atoms with Gasteiger partial charge in [0.25, 0.3) is 11.8 Å². The average Bonchev–Trinajstić information content (AvgIpc) is 3.07. The molecule has 3 N–H and O–H groups in total. The molecule has 0 aliphatic carbocycles. The average molecular weight is 364 g/mol. The van der Waals surface area contributed by atoms with Crippen molar-refractivity contribution in [1.82, 2.24) is 0 Å². The molecule has 1 heterocycles. The lowest BCUT2D eigenvalue weighted by Crippen LogP contribution is -2.16. The van der Waals surface area contributed by atoms with Gasteiger partial charge in [0.15, 0.2) is 0 Å². The van der Waals surface area contributed by atoms with Gasteiger partial charge in [-0.3, -0.25) is 9.59 Å². The largest absolute Gasteiger partial charge is 0.366 e. The third-order valence-electron chi connectivity index (χ3n) is 4.07. The first-order valence-corrected chi connectivity index (χ1v) is 9.17. The van der Waals surface area contributed by atoms with Gasteiger partial charge in [-0.1, -0.05) is 56.3 Å². The molecule has 0 aliphatic heterocycles. The predicted octanol–water partition coefficient (Wildman–Crippen LogP) is 4.89. The van der Waals surface area contributed by atoms with Crippen LogP contribution in [-0.4, -0.2) is 11.8 Å². The minimum absolute atomic E-state index is 0.258. The van der Waals surface area contributed by atoms with E-state index in [9.17, 15) is 9.59 Å². The standard InChI is InChI=1S/C21H20N2O2S/c1-13(2)18-12-17(19(22)24)21(26-18)23-20(25)16-10-8-15(9-11-16)14-6-4-3-5-7-14/h3-13H,1-2H3,(H2,22,24)(H,23,25). The van der Waals surface area contributed by atoms with Crippen LogP contribution >= 0.6 is 11.3 Å². The third kappa shape index (κ3) is 3.83. The summed E-state index contributed by atoms with van der Waals surface area (Å²) in [7, 11) is 0. The number of thiophene rings is 1. The number of carbonyl (C=O) groups is 2. The quantitative estimate of drug-likeness (QED) is 0.676. The van der Waals surface area contributed by atoms with E-state index >= 15 is 0 Å². The normalized spacial score (nSPS) is 10.7. The molecule has 0 unspecified atom stereocenters. The monoisotopic (exact) mass is 364 g/mol. The van der Waals surface area contributed by atoms with Crippen LogP contribution in [0, 0.1) is 0 Å². The molecule has 4 nitrogen and oxygen atoms in total. The summed E-state index contributed by atoms with van der Waals surface area (Å²) < 4.78 is 0. The molecule has 132 valence electrons. The molecule has 0 saturated carbocycles. The first kappa shape index (κ1) is 17.9. The number of nitrogens with one attached hydrogen (secondary N) is 1. The Kier molecular flexibility index (Phi) is 5.19. The zero-order valence-electron chi connectivity index (χ0n) is 14.7. The number of nitrogens with two attached hydrogens (primary N) is 1. The number of carbonyl (C=O) groups excluding carboxylic acids is 2. The molecule has 0 spiro atoms. The summed E-state index contributed by atoms with van der Waals surface area (Å²) in [5.41, 5.74) is 8.46. The van der Waals surface area contributed by atoms with Gasteiger partial charge in [-0.25, -0.2) is 0 Å². The molecular weight excluding hydrogens is 344 g/mol. The fourth-order valence-corrected chi connectivity index (χ4v) is 3.65. The molecule has 26 heavy (non-hydrogen) atoms. The van der Waals surface area contributed by atoms with Crippen LogP contribution in [0.4, 0.5) is 5.00 Å². The topological polar surface area (TPSA) is 72.2 Å². The van der Waals surface area contributed by atoms with Crippen molar-refractivity contribution in [2.24, 2.45) is 5.73 Å². The zero-order valence-corrected chi connectivity index (χ0v) is 15.5. The van der Waals surface area contributed by atoms with E-state index < -0.39 is 5.91 Å². The van der Waals surface area contributed by atoms with Crippen LogP contribution in [0.1, 0.15) is 45.4 Å². The Morgan fingerprint density at radius 2 is 1.58 bits per heavy atom. The molecule has 0 saturated heterocycles. The van der Waals surface area contributed by atoms with Gasteiger partial charge in [-0.05, 0) is 35.2 Å². The van der Waals surface area contributed by atoms with Crippen molar-refractivity contribution in [2.75, 3.05) is 5.32 Å². The molecule has 2 aromatic carbocycles. The van der Waals surface area contributed by atoms with Gasteiger partial charge in [-0.2, -0.15) is 0 Å². The number of anilines is 1. The molecule has 3 aromatic rings. The minimum atomic E-state index is -0.539. The Hall–Kier alpha value is -2.92. The SMILES string of the molecule is CC(C)c1cc(C(N)=O)c(NC(=O)c2ccc(-c3ccccc3)cc2)s1. The third-order valence-corrected chi connectivity index (χ3v) is 5.42. The summed E-state index contributed by atoms with van der Waals surface area (Å²) in [5, 5.41) is 3.32. The Morgan fingerprint density at radius 3 is 2.15 bits per heavy atom. The molecule has 0 bridgehead atoms. The highest BCUT2D eigenvalue weighted by Gasteiger charge is 2.18. The molecule has 0 atom stereocenters. The summed E-state index contributed by atoms with van der Waals surface area (Å²) in [6.45, 7) is 4.06. The second kappa shape index (κ2) is 7.54. The smallest absolute Gasteiger partial charge is 0.256 e. The number of hydrogen-bond donors (Lipinski definition) is 2. The van der Waals surface area contributed by atoms with E-state index in [4.69, 9.17) is 5.73 Å². The van der Waals surface area contributed by atoms with Crippen molar-refractivity contribution in [1.29, 1.82) is 0 Å². The van der Waals surface area contributed by atoms with Gasteiger partial charge in [0.2, 0.25) is 0 Å². The van der Waals surface area contributed by atoms with Crippen molar-refractivity contribution in [3.8, 4) is 11.1 Å². The van der Waals surface area contributed by atoms with E-state index in [1.807, 2.05) is 56.3 Å². The van der Waals surface area contributed by atoms with E-state index in [1.54, 1.807) is 18.2 Å². The Labute approximate surface area is 156 Å². The molecule has 0 aliphatic rings. The molecule has 5 heteroatoms. The lowest BCUT2D eigenvalue weighted by Gasteiger charge is -2.06. The Bertz CT molecular complexity index is 928. The molecule has 2 amide bonds. The number of hydrogen-bond acceptors (Lipinski definition) is 3. The highest BCUT2D eigenvalue weighted by Crippen LogP contribution is 2.33. The van der Waals surface area contributed by atoms with Gasteiger partial charge in [0.05, 0.1) is 5.56 Å². The summed E-state index contributed by atoms with van der Waals surface area (Å²) in [5.74, 6) is -0.541. The van der Waals surface area contributed by atoms with E-state index in [0.717, 1.165) is 16.0 Å². The first-order valence-electron chi connectivity index (χ1n) is 8.36. The van der Waals surface area contributed by atoms with E-state index in [1.165, 1.54) is 11.3 Å². The summed E-state index contributed by atoms with van der Waals surface area (Å²) in [6, 6.07) is 19.1. The molecular formula is C21H20N2O2S. The predicted molar refractivity (Wildman–Crippen MR) is 107 cm³/mol. The number of rotatable bonds is 5. The highest BCUT2D eigenvalue weighted by atomic mass is 32.1. The van der Waals surface area contributed by atoms with Gasteiger partial charge in [0, 0.05) is 10.4 Å². The number of primary amides is 1. The van der Waals surface area contributed by atoms with Gasteiger partial charge in [0.1, 0.15) is 5.00 Å². The summed E-state index contributed by atoms with van der Waals surface area (Å²) >= 11 is 1.39. The summed E-state index contributed by atoms with van der Waals surface area (Å²) in [6.07, 6.45) is 0. The van der Waals surface area contributed by atoms with Crippen LogP contribution in [0.15, 0.2) is 60.7 Å². The van der Waals surface area contributed by atoms with Crippen molar-refractivity contribution in [3.05, 3.63) is 76.7 Å². The van der Waals surface area contributed by atoms with Crippen LogP contribution in [0.5, 0.6) is 0 Å². The van der Waals surface area contributed by atoms with Crippen molar-refractivity contribution < 1.29 is 9.59 Å².